The molecule has 2 fully saturated rings. The molecule has 1 aliphatic heterocycles. The van der Waals surface area contributed by atoms with Gasteiger partial charge in [0.15, 0.2) is 0 Å². The lowest BCUT2D eigenvalue weighted by Gasteiger charge is -2.39. The first-order valence-electron chi connectivity index (χ1n) is 6.56. The quantitative estimate of drug-likeness (QED) is 0.845. The number of hydrogen-bond acceptors (Lipinski definition) is 4. The minimum absolute atomic E-state index is 0.578. The van der Waals surface area contributed by atoms with Crippen LogP contribution in [0.15, 0.2) is 18.5 Å². The van der Waals surface area contributed by atoms with Gasteiger partial charge in [0.25, 0.3) is 0 Å². The average Bonchev–Trinajstić information content (AvgIpc) is 3.15. The monoisotopic (exact) mass is 232 g/mol. The smallest absolute Gasteiger partial charge is 0.142 e. The number of nitrogens with zero attached hydrogens (tertiary/aromatic N) is 3. The van der Waals surface area contributed by atoms with Gasteiger partial charge in [-0.05, 0) is 31.7 Å². The molecule has 0 radical (unpaired) electrons. The molecule has 3 rings (SSSR count). The summed E-state index contributed by atoms with van der Waals surface area (Å²) in [5.74, 6) is 1.85. The van der Waals surface area contributed by atoms with E-state index < -0.39 is 0 Å². The topological polar surface area (TPSA) is 41.1 Å². The molecule has 0 spiro atoms. The average molecular weight is 232 g/mol. The highest BCUT2D eigenvalue weighted by Gasteiger charge is 2.38. The summed E-state index contributed by atoms with van der Waals surface area (Å²) in [6, 6.07) is 3.14. The lowest BCUT2D eigenvalue weighted by atomic mass is 10.1. The van der Waals surface area contributed by atoms with Crippen LogP contribution in [-0.4, -0.2) is 40.0 Å². The molecule has 92 valence electrons. The van der Waals surface area contributed by atoms with Crippen molar-refractivity contribution >= 4 is 0 Å². The van der Waals surface area contributed by atoms with Crippen molar-refractivity contribution in [2.24, 2.45) is 5.92 Å². The van der Waals surface area contributed by atoms with Crippen LogP contribution in [-0.2, 0) is 6.54 Å². The van der Waals surface area contributed by atoms with Crippen molar-refractivity contribution in [2.75, 3.05) is 13.1 Å². The summed E-state index contributed by atoms with van der Waals surface area (Å²) in [4.78, 5) is 11.2. The predicted octanol–water partition coefficient (Wildman–Crippen LogP) is 1.05. The molecule has 2 aliphatic rings. The molecule has 2 atom stereocenters. The molecule has 0 bridgehead atoms. The molecule has 1 aromatic heterocycles. The fourth-order valence-electron chi connectivity index (χ4n) is 2.72. The highest BCUT2D eigenvalue weighted by Crippen LogP contribution is 2.36. The zero-order chi connectivity index (χ0) is 11.7. The number of piperazine rings is 1. The molecule has 4 heteroatoms. The van der Waals surface area contributed by atoms with Crippen molar-refractivity contribution in [2.45, 2.75) is 38.4 Å². The van der Waals surface area contributed by atoms with E-state index in [0.717, 1.165) is 31.4 Å². The van der Waals surface area contributed by atoms with E-state index in [2.05, 4.69) is 27.1 Å². The Balaban J connectivity index is 1.69. The van der Waals surface area contributed by atoms with Gasteiger partial charge in [-0.25, -0.2) is 9.97 Å². The Labute approximate surface area is 102 Å². The second-order valence-corrected chi connectivity index (χ2v) is 5.31. The number of rotatable bonds is 3. The van der Waals surface area contributed by atoms with Crippen LogP contribution >= 0.6 is 0 Å². The van der Waals surface area contributed by atoms with Crippen LogP contribution in [0.5, 0.6) is 0 Å². The normalized spacial score (nSPS) is 30.4. The van der Waals surface area contributed by atoms with Crippen LogP contribution < -0.4 is 5.32 Å². The Hall–Kier alpha value is -1.00. The maximum absolute atomic E-state index is 4.34. The van der Waals surface area contributed by atoms with E-state index in [4.69, 9.17) is 0 Å². The maximum Gasteiger partial charge on any atom is 0.142 e. The van der Waals surface area contributed by atoms with E-state index >= 15 is 0 Å². The van der Waals surface area contributed by atoms with Gasteiger partial charge in [0.2, 0.25) is 0 Å². The van der Waals surface area contributed by atoms with Crippen molar-refractivity contribution in [1.82, 2.24) is 20.2 Å². The van der Waals surface area contributed by atoms with E-state index in [1.54, 1.807) is 0 Å². The summed E-state index contributed by atoms with van der Waals surface area (Å²) in [6.07, 6.45) is 6.46. The third-order valence-corrected chi connectivity index (χ3v) is 3.78. The van der Waals surface area contributed by atoms with Crippen LogP contribution in [0.4, 0.5) is 0 Å². The minimum atomic E-state index is 0.578. The summed E-state index contributed by atoms with van der Waals surface area (Å²) in [6.45, 7) is 5.38. The van der Waals surface area contributed by atoms with Gasteiger partial charge in [-0.3, -0.25) is 4.90 Å². The van der Waals surface area contributed by atoms with E-state index in [9.17, 15) is 0 Å². The van der Waals surface area contributed by atoms with Crippen LogP contribution in [0.25, 0.3) is 0 Å². The molecule has 1 aliphatic carbocycles. The summed E-state index contributed by atoms with van der Waals surface area (Å²) in [5.41, 5.74) is 0. The van der Waals surface area contributed by atoms with Crippen molar-refractivity contribution < 1.29 is 0 Å². The molecule has 2 unspecified atom stereocenters. The van der Waals surface area contributed by atoms with Gasteiger partial charge in [-0.15, -0.1) is 0 Å². The van der Waals surface area contributed by atoms with Gasteiger partial charge in [0.05, 0.1) is 6.54 Å². The second kappa shape index (κ2) is 4.70. The fraction of sp³-hybridized carbons (Fsp3) is 0.692. The standard InChI is InChI=1S/C13H20N4/c1-10-8-17(9-13-14-5-2-6-15-13)12(7-16-10)11-3-4-11/h2,5-6,10-12,16H,3-4,7-9H2,1H3. The third kappa shape index (κ3) is 2.64. The summed E-state index contributed by atoms with van der Waals surface area (Å²) >= 11 is 0. The van der Waals surface area contributed by atoms with Crippen LogP contribution in [0, 0.1) is 5.92 Å². The van der Waals surface area contributed by atoms with Crippen LogP contribution in [0.3, 0.4) is 0 Å². The first-order valence-corrected chi connectivity index (χ1v) is 6.56. The van der Waals surface area contributed by atoms with Crippen molar-refractivity contribution in [1.29, 1.82) is 0 Å². The SMILES string of the molecule is CC1CN(Cc2ncccn2)C(C2CC2)CN1. The van der Waals surface area contributed by atoms with E-state index in [1.807, 2.05) is 18.5 Å². The van der Waals surface area contributed by atoms with Crippen molar-refractivity contribution in [3.63, 3.8) is 0 Å². The molecule has 0 amide bonds. The largest absolute Gasteiger partial charge is 0.311 e. The zero-order valence-corrected chi connectivity index (χ0v) is 10.3. The molecule has 1 saturated heterocycles. The molecule has 2 heterocycles. The van der Waals surface area contributed by atoms with E-state index in [1.165, 1.54) is 12.8 Å². The Morgan fingerprint density at radius 2 is 2.12 bits per heavy atom. The van der Waals surface area contributed by atoms with Gasteiger partial charge in [0.1, 0.15) is 5.82 Å². The summed E-state index contributed by atoms with van der Waals surface area (Å²) in [7, 11) is 0. The third-order valence-electron chi connectivity index (χ3n) is 3.78. The van der Waals surface area contributed by atoms with Gasteiger partial charge in [0, 0.05) is 37.6 Å². The lowest BCUT2D eigenvalue weighted by Crippen LogP contribution is -2.55. The highest BCUT2D eigenvalue weighted by atomic mass is 15.2. The molecular formula is C13H20N4. The van der Waals surface area contributed by atoms with Crippen LogP contribution in [0.1, 0.15) is 25.6 Å². The molecule has 1 N–H and O–H groups in total. The highest BCUT2D eigenvalue weighted by molar-refractivity contribution is 4.97. The van der Waals surface area contributed by atoms with Gasteiger partial charge in [-0.1, -0.05) is 0 Å². The number of hydrogen-bond donors (Lipinski definition) is 1. The molecule has 1 aromatic rings. The molecular weight excluding hydrogens is 212 g/mol. The predicted molar refractivity (Wildman–Crippen MR) is 66.4 cm³/mol. The second-order valence-electron chi connectivity index (χ2n) is 5.31. The Bertz CT molecular complexity index is 363. The van der Waals surface area contributed by atoms with Gasteiger partial charge in [-0.2, -0.15) is 0 Å². The molecule has 1 saturated carbocycles. The maximum atomic E-state index is 4.34. The van der Waals surface area contributed by atoms with Crippen molar-refractivity contribution in [3.8, 4) is 0 Å². The Morgan fingerprint density at radius 3 is 2.82 bits per heavy atom. The summed E-state index contributed by atoms with van der Waals surface area (Å²) < 4.78 is 0. The Kier molecular flexibility index (Phi) is 3.07. The summed E-state index contributed by atoms with van der Waals surface area (Å²) in [5, 5.41) is 3.59. The lowest BCUT2D eigenvalue weighted by molar-refractivity contribution is 0.109. The zero-order valence-electron chi connectivity index (χ0n) is 10.3. The molecule has 17 heavy (non-hydrogen) atoms. The van der Waals surface area contributed by atoms with E-state index in [-0.39, 0.29) is 0 Å². The van der Waals surface area contributed by atoms with Crippen LogP contribution in [0.2, 0.25) is 0 Å². The molecule has 4 nitrogen and oxygen atoms in total. The molecule has 0 aromatic carbocycles. The van der Waals surface area contributed by atoms with E-state index in [0.29, 0.717) is 12.1 Å². The van der Waals surface area contributed by atoms with Gasteiger partial charge >= 0.3 is 0 Å². The first-order chi connectivity index (χ1) is 8.33. The fourth-order valence-corrected chi connectivity index (χ4v) is 2.72. The Morgan fingerprint density at radius 1 is 1.35 bits per heavy atom. The first kappa shape index (κ1) is 11.1. The number of aromatic nitrogens is 2. The number of nitrogens with one attached hydrogen (secondary N) is 1. The minimum Gasteiger partial charge on any atom is -0.311 e. The van der Waals surface area contributed by atoms with Crippen molar-refractivity contribution in [3.05, 3.63) is 24.3 Å². The van der Waals surface area contributed by atoms with Gasteiger partial charge < -0.3 is 5.32 Å².